The Balaban J connectivity index is 2.18. The summed E-state index contributed by atoms with van der Waals surface area (Å²) in [7, 11) is 0. The fourth-order valence-corrected chi connectivity index (χ4v) is 2.01. The maximum atomic E-state index is 11.9. The molecule has 0 atom stereocenters. The van der Waals surface area contributed by atoms with Crippen molar-refractivity contribution in [2.45, 2.75) is 19.4 Å². The number of rotatable bonds is 7. The van der Waals surface area contributed by atoms with Crippen LogP contribution < -0.4 is 11.3 Å². The number of carbonyl (C=O) groups excluding carboxylic acids is 1. The van der Waals surface area contributed by atoms with Gasteiger partial charge in [-0.1, -0.05) is 24.3 Å². The normalized spacial score (nSPS) is 10.7. The lowest BCUT2D eigenvalue weighted by atomic mass is 10.1. The highest BCUT2D eigenvalue weighted by Crippen LogP contribution is 2.26. The van der Waals surface area contributed by atoms with Crippen LogP contribution in [-0.2, 0) is 11.3 Å². The molecule has 0 saturated heterocycles. The quantitative estimate of drug-likeness (QED) is 0.267. The molecule has 0 fully saturated rings. The van der Waals surface area contributed by atoms with Gasteiger partial charge in [0.2, 0.25) is 0 Å². The van der Waals surface area contributed by atoms with E-state index in [9.17, 15) is 4.79 Å². The Hall–Kier alpha value is -2.11. The smallest absolute Gasteiger partial charge is 0.269 e. The minimum Gasteiger partial charge on any atom is -0.458 e. The average Bonchev–Trinajstić information content (AvgIpc) is 2.84. The molecule has 1 heterocycles. The van der Waals surface area contributed by atoms with Crippen LogP contribution in [0.1, 0.15) is 29.0 Å². The Labute approximate surface area is 117 Å². The van der Waals surface area contributed by atoms with Crippen LogP contribution in [0.5, 0.6) is 0 Å². The van der Waals surface area contributed by atoms with E-state index in [1.54, 1.807) is 0 Å². The van der Waals surface area contributed by atoms with Gasteiger partial charge in [0.25, 0.3) is 5.91 Å². The van der Waals surface area contributed by atoms with E-state index < -0.39 is 0 Å². The van der Waals surface area contributed by atoms with Gasteiger partial charge in [-0.25, -0.2) is 5.84 Å². The van der Waals surface area contributed by atoms with E-state index in [2.05, 4.69) is 12.0 Å². The van der Waals surface area contributed by atoms with Crippen molar-refractivity contribution in [3.8, 4) is 0 Å². The van der Waals surface area contributed by atoms with Crippen molar-refractivity contribution < 1.29 is 13.9 Å². The number of ether oxygens (including phenoxy) is 1. The van der Waals surface area contributed by atoms with E-state index in [1.165, 1.54) is 0 Å². The topological polar surface area (TPSA) is 77.5 Å². The molecule has 0 saturated carbocycles. The van der Waals surface area contributed by atoms with Gasteiger partial charge in [0.15, 0.2) is 0 Å². The van der Waals surface area contributed by atoms with Crippen LogP contribution in [0.3, 0.4) is 0 Å². The van der Waals surface area contributed by atoms with E-state index in [0.717, 1.165) is 18.2 Å². The Kier molecular flexibility index (Phi) is 4.92. The number of hydrogen-bond donors (Lipinski definition) is 2. The first kappa shape index (κ1) is 14.3. The van der Waals surface area contributed by atoms with E-state index >= 15 is 0 Å². The number of fused-ring (bicyclic) bond motifs is 1. The predicted octanol–water partition coefficient (Wildman–Crippen LogP) is 2.52. The number of unbranched alkanes of at least 4 members (excludes halogenated alkanes) is 1. The van der Waals surface area contributed by atoms with Gasteiger partial charge in [0.05, 0.1) is 5.56 Å². The summed E-state index contributed by atoms with van der Waals surface area (Å²) in [6.45, 7) is 4.49. The predicted molar refractivity (Wildman–Crippen MR) is 77.0 cm³/mol. The lowest BCUT2D eigenvalue weighted by Gasteiger charge is -2.03. The lowest BCUT2D eigenvalue weighted by Crippen LogP contribution is -2.30. The number of para-hydroxylation sites is 1. The number of nitrogens with one attached hydrogen (secondary N) is 1. The molecule has 5 heteroatoms. The maximum Gasteiger partial charge on any atom is 0.269 e. The summed E-state index contributed by atoms with van der Waals surface area (Å²) < 4.78 is 11.2. The van der Waals surface area contributed by atoms with Crippen molar-refractivity contribution in [3.63, 3.8) is 0 Å². The zero-order valence-corrected chi connectivity index (χ0v) is 11.2. The number of furan rings is 1. The molecule has 0 spiro atoms. The first-order valence-electron chi connectivity index (χ1n) is 6.48. The number of nitrogen functional groups attached to an aromatic ring is 1. The van der Waals surface area contributed by atoms with E-state index in [4.69, 9.17) is 15.0 Å². The summed E-state index contributed by atoms with van der Waals surface area (Å²) in [5.41, 5.74) is 3.23. The highest BCUT2D eigenvalue weighted by atomic mass is 16.5. The van der Waals surface area contributed by atoms with Crippen LogP contribution in [0, 0.1) is 0 Å². The van der Waals surface area contributed by atoms with Crippen LogP contribution in [0.4, 0.5) is 0 Å². The fourth-order valence-electron chi connectivity index (χ4n) is 2.01. The summed E-state index contributed by atoms with van der Waals surface area (Å²) in [5.74, 6) is 5.34. The summed E-state index contributed by atoms with van der Waals surface area (Å²) in [6.07, 6.45) is 3.64. The zero-order valence-electron chi connectivity index (χ0n) is 11.2. The molecule has 2 aromatic rings. The van der Waals surface area contributed by atoms with Gasteiger partial charge in [-0.3, -0.25) is 10.2 Å². The largest absolute Gasteiger partial charge is 0.458 e. The molecule has 0 aliphatic heterocycles. The lowest BCUT2D eigenvalue weighted by molar-refractivity contribution is 0.0918. The third kappa shape index (κ3) is 3.07. The molecule has 0 radical (unpaired) electrons. The second-order valence-electron chi connectivity index (χ2n) is 4.35. The molecular formula is C15H18N2O3. The van der Waals surface area contributed by atoms with Gasteiger partial charge in [0.1, 0.15) is 18.0 Å². The number of allylic oxidation sites excluding steroid dienone is 1. The third-order valence-corrected chi connectivity index (χ3v) is 2.96. The van der Waals surface area contributed by atoms with Crippen molar-refractivity contribution in [2.75, 3.05) is 6.61 Å². The van der Waals surface area contributed by atoms with Gasteiger partial charge in [-0.2, -0.15) is 0 Å². The van der Waals surface area contributed by atoms with Crippen LogP contribution in [0.15, 0.2) is 41.3 Å². The molecule has 3 N–H and O–H groups in total. The monoisotopic (exact) mass is 274 g/mol. The Morgan fingerprint density at radius 2 is 2.25 bits per heavy atom. The van der Waals surface area contributed by atoms with Crippen molar-refractivity contribution in [1.29, 1.82) is 0 Å². The molecule has 2 rings (SSSR count). The summed E-state index contributed by atoms with van der Waals surface area (Å²) in [4.78, 5) is 11.9. The molecule has 0 aliphatic carbocycles. The molecule has 1 aromatic heterocycles. The second-order valence-corrected chi connectivity index (χ2v) is 4.35. The molecule has 5 nitrogen and oxygen atoms in total. The number of benzene rings is 1. The molecular weight excluding hydrogens is 256 g/mol. The molecule has 0 unspecified atom stereocenters. The Morgan fingerprint density at radius 3 is 3.00 bits per heavy atom. The van der Waals surface area contributed by atoms with Crippen LogP contribution >= 0.6 is 0 Å². The zero-order chi connectivity index (χ0) is 14.4. The molecule has 0 aliphatic rings. The minimum absolute atomic E-state index is 0.245. The Bertz CT molecular complexity index is 604. The molecule has 106 valence electrons. The van der Waals surface area contributed by atoms with Crippen LogP contribution in [0.2, 0.25) is 0 Å². The molecule has 1 amide bonds. The molecule has 20 heavy (non-hydrogen) atoms. The number of nitrogens with two attached hydrogens (primary N) is 1. The molecule has 1 aromatic carbocycles. The first-order valence-corrected chi connectivity index (χ1v) is 6.48. The summed E-state index contributed by atoms with van der Waals surface area (Å²) in [5, 5.41) is 0.736. The minimum atomic E-state index is -0.375. The van der Waals surface area contributed by atoms with Gasteiger partial charge in [0, 0.05) is 12.0 Å². The number of carbonyl (C=O) groups is 1. The Morgan fingerprint density at radius 1 is 1.45 bits per heavy atom. The second kappa shape index (κ2) is 6.88. The summed E-state index contributed by atoms with van der Waals surface area (Å²) >= 11 is 0. The first-order chi connectivity index (χ1) is 9.77. The van der Waals surface area contributed by atoms with E-state index in [1.807, 2.05) is 30.3 Å². The van der Waals surface area contributed by atoms with Crippen LogP contribution in [0.25, 0.3) is 11.0 Å². The van der Waals surface area contributed by atoms with Gasteiger partial charge in [-0.15, -0.1) is 6.58 Å². The number of hydrogen-bond acceptors (Lipinski definition) is 4. The third-order valence-electron chi connectivity index (χ3n) is 2.96. The maximum absolute atomic E-state index is 11.9. The average molecular weight is 274 g/mol. The number of amides is 1. The number of hydrazine groups is 1. The molecule has 0 bridgehead atoms. The standard InChI is InChI=1S/C15H18N2O3/c1-2-3-6-9-19-10-13-14(15(18)17-16)11-7-4-5-8-12(11)20-13/h2,4-5,7-8H,1,3,6,9-10,16H2,(H,17,18). The van der Waals surface area contributed by atoms with Crippen molar-refractivity contribution in [2.24, 2.45) is 5.84 Å². The van der Waals surface area contributed by atoms with E-state index in [-0.39, 0.29) is 12.5 Å². The summed E-state index contributed by atoms with van der Waals surface area (Å²) in [6, 6.07) is 7.33. The SMILES string of the molecule is C=CCCCOCc1oc2ccccc2c1C(=O)NN. The highest BCUT2D eigenvalue weighted by Gasteiger charge is 2.19. The van der Waals surface area contributed by atoms with Crippen molar-refractivity contribution >= 4 is 16.9 Å². The van der Waals surface area contributed by atoms with Gasteiger partial charge in [-0.05, 0) is 18.9 Å². The van der Waals surface area contributed by atoms with Gasteiger partial charge < -0.3 is 9.15 Å². The fraction of sp³-hybridized carbons (Fsp3) is 0.267. The highest BCUT2D eigenvalue weighted by molar-refractivity contribution is 6.06. The van der Waals surface area contributed by atoms with Crippen molar-refractivity contribution in [3.05, 3.63) is 48.2 Å². The van der Waals surface area contributed by atoms with E-state index in [0.29, 0.717) is 23.5 Å². The van der Waals surface area contributed by atoms with Gasteiger partial charge >= 0.3 is 0 Å². The van der Waals surface area contributed by atoms with Crippen molar-refractivity contribution in [1.82, 2.24) is 5.43 Å². The van der Waals surface area contributed by atoms with Crippen LogP contribution in [-0.4, -0.2) is 12.5 Å².